The molecule has 0 bridgehead atoms. The van der Waals surface area contributed by atoms with Crippen molar-refractivity contribution in [1.29, 1.82) is 0 Å². The number of benzene rings is 1. The van der Waals surface area contributed by atoms with Crippen LogP contribution < -0.4 is 8.61 Å². The average Bonchev–Trinajstić information content (AvgIpc) is 3.09. The average molecular weight is 481 g/mol. The lowest BCUT2D eigenvalue weighted by atomic mass is 10.1. The number of pyridine rings is 1. The van der Waals surface area contributed by atoms with Gasteiger partial charge in [0, 0.05) is 51.8 Å². The van der Waals surface area contributed by atoms with Crippen molar-refractivity contribution in [2.75, 3.05) is 41.9 Å². The third-order valence-corrected chi connectivity index (χ3v) is 10.7. The van der Waals surface area contributed by atoms with E-state index in [1.165, 1.54) is 21.9 Å². The van der Waals surface area contributed by atoms with Gasteiger partial charge in [-0.2, -0.15) is 4.21 Å². The molecule has 33 heavy (non-hydrogen) atoms. The van der Waals surface area contributed by atoms with Gasteiger partial charge >= 0.3 is 0 Å². The molecule has 1 aromatic heterocycles. The van der Waals surface area contributed by atoms with E-state index in [0.29, 0.717) is 23.6 Å². The lowest BCUT2D eigenvalue weighted by Gasteiger charge is -2.52. The fraction of sp³-hybridized carbons (Fsp3) is 0.522. The van der Waals surface area contributed by atoms with Gasteiger partial charge in [-0.15, -0.1) is 0 Å². The number of halogens is 2. The summed E-state index contributed by atoms with van der Waals surface area (Å²) < 4.78 is 57.3. The van der Waals surface area contributed by atoms with E-state index in [1.807, 2.05) is 12.1 Å². The highest BCUT2D eigenvalue weighted by molar-refractivity contribution is 8.17. The van der Waals surface area contributed by atoms with Crippen molar-refractivity contribution < 1.29 is 22.6 Å². The first-order chi connectivity index (χ1) is 15.5. The molecule has 2 fully saturated rings. The fourth-order valence-electron chi connectivity index (χ4n) is 5.06. The van der Waals surface area contributed by atoms with E-state index in [0.717, 1.165) is 25.1 Å². The molecule has 1 aromatic carbocycles. The molecule has 180 valence electrons. The van der Waals surface area contributed by atoms with E-state index >= 15 is 0 Å². The summed E-state index contributed by atoms with van der Waals surface area (Å²) in [5.41, 5.74) is 1.86. The van der Waals surface area contributed by atoms with Crippen LogP contribution in [0, 0.1) is 18.8 Å². The number of aliphatic hydroxyl groups excluding tert-OH is 1. The van der Waals surface area contributed by atoms with Crippen molar-refractivity contribution in [1.82, 2.24) is 9.88 Å². The summed E-state index contributed by atoms with van der Waals surface area (Å²) in [6.45, 7) is 3.90. The topological polar surface area (TPSA) is 80.1 Å². The summed E-state index contributed by atoms with van der Waals surface area (Å²) in [4.78, 5) is 6.73. The molecule has 0 spiro atoms. The van der Waals surface area contributed by atoms with Gasteiger partial charge < -0.3 is 5.11 Å². The molecule has 7 nitrogen and oxygen atoms in total. The maximum atomic E-state index is 14.9. The predicted octanol–water partition coefficient (Wildman–Crippen LogP) is 3.30. The molecule has 2 N–H and O–H groups in total. The highest BCUT2D eigenvalue weighted by atomic mass is 32.3. The summed E-state index contributed by atoms with van der Waals surface area (Å²) in [5.74, 6) is -3.25. The first-order valence-electron chi connectivity index (χ1n) is 11.2. The van der Waals surface area contributed by atoms with E-state index in [2.05, 4.69) is 9.88 Å². The monoisotopic (exact) mass is 480 g/mol. The number of aliphatic hydroxyl groups is 1. The Morgan fingerprint density at radius 1 is 1.30 bits per heavy atom. The molecule has 1 saturated heterocycles. The number of likely N-dealkylation sites (tertiary alicyclic amines) is 1. The Balaban J connectivity index is 1.56. The van der Waals surface area contributed by atoms with Crippen LogP contribution in [0.2, 0.25) is 0 Å². The summed E-state index contributed by atoms with van der Waals surface area (Å²) >= 11 is 0. The molecular weight excluding hydrogens is 450 g/mol. The Morgan fingerprint density at radius 2 is 2.06 bits per heavy atom. The van der Waals surface area contributed by atoms with Gasteiger partial charge in [-0.3, -0.25) is 13.8 Å². The van der Waals surface area contributed by atoms with Gasteiger partial charge in [-0.1, -0.05) is 12.1 Å². The minimum atomic E-state index is -4.96. The highest BCUT2D eigenvalue weighted by Gasteiger charge is 2.61. The zero-order valence-corrected chi connectivity index (χ0v) is 19.6. The third-order valence-electron chi connectivity index (χ3n) is 7.24. The molecule has 1 saturated carbocycles. The molecule has 0 amide bonds. The minimum absolute atomic E-state index is 0.152. The quantitative estimate of drug-likeness (QED) is 0.663. The maximum Gasteiger partial charge on any atom is 0.253 e. The highest BCUT2D eigenvalue weighted by Crippen LogP contribution is 2.57. The Labute approximate surface area is 192 Å². The molecule has 2 unspecified atom stereocenters. The van der Waals surface area contributed by atoms with Gasteiger partial charge in [0.2, 0.25) is 0 Å². The number of anilines is 2. The maximum absolute atomic E-state index is 14.9. The summed E-state index contributed by atoms with van der Waals surface area (Å²) in [6, 6.07) is 8.79. The van der Waals surface area contributed by atoms with Crippen LogP contribution in [0.5, 0.6) is 0 Å². The smallest absolute Gasteiger partial charge is 0.253 e. The zero-order chi connectivity index (χ0) is 23.6. The van der Waals surface area contributed by atoms with E-state index < -0.39 is 21.6 Å². The number of hydrogen-bond acceptors (Lipinski definition) is 4. The second kappa shape index (κ2) is 7.43. The molecule has 2 aliphatic heterocycles. The second-order valence-corrected chi connectivity index (χ2v) is 12.6. The number of hydrogen-bond donors (Lipinski definition) is 2. The van der Waals surface area contributed by atoms with Crippen LogP contribution in [0.3, 0.4) is 0 Å². The Hall–Kier alpha value is -2.14. The van der Waals surface area contributed by atoms with E-state index in [9.17, 15) is 22.6 Å². The first kappa shape index (κ1) is 22.6. The molecule has 3 heterocycles. The van der Waals surface area contributed by atoms with E-state index in [4.69, 9.17) is 0 Å². The summed E-state index contributed by atoms with van der Waals surface area (Å²) in [7, 11) is -3.45. The summed E-state index contributed by atoms with van der Waals surface area (Å²) in [6.07, 6.45) is 2.17. The minimum Gasteiger partial charge on any atom is -0.396 e. The van der Waals surface area contributed by atoms with Gasteiger partial charge in [-0.05, 0) is 64.9 Å². The number of fused-ring (bicyclic) bond motifs is 1. The van der Waals surface area contributed by atoms with Crippen LogP contribution in [0.15, 0.2) is 41.4 Å². The first-order valence-corrected chi connectivity index (χ1v) is 13.1. The van der Waals surface area contributed by atoms with Gasteiger partial charge in [0.1, 0.15) is 5.69 Å². The largest absolute Gasteiger partial charge is 0.396 e. The van der Waals surface area contributed by atoms with Crippen LogP contribution in [0.1, 0.15) is 24.0 Å². The van der Waals surface area contributed by atoms with Gasteiger partial charge in [0.15, 0.2) is 5.82 Å². The fourth-order valence-corrected chi connectivity index (χ4v) is 8.28. The predicted molar refractivity (Wildman–Crippen MR) is 124 cm³/mol. The lowest BCUT2D eigenvalue weighted by molar-refractivity contribution is 0.101. The van der Waals surface area contributed by atoms with Crippen molar-refractivity contribution in [3.63, 3.8) is 0 Å². The number of alkyl halides is 2. The van der Waals surface area contributed by atoms with Crippen molar-refractivity contribution >= 4 is 21.2 Å². The molecule has 5 rings (SSSR count). The van der Waals surface area contributed by atoms with Crippen molar-refractivity contribution in [3.8, 4) is 0 Å². The molecule has 0 radical (unpaired) electrons. The van der Waals surface area contributed by atoms with Gasteiger partial charge in [0.25, 0.3) is 5.92 Å². The molecule has 2 aromatic rings. The molecule has 2 atom stereocenters. The van der Waals surface area contributed by atoms with Crippen molar-refractivity contribution in [2.45, 2.75) is 37.1 Å². The Kier molecular flexibility index (Phi) is 5.10. The standard InChI is InChI=1S/C23H30F2N4O3S/c1-16-5-6-17(12-28-9-7-18(13-28)15-30)10-21(16)33(31,32)27(2)22-20(4-3-8-26-22)29(33)14-19-11-23(19,24)25/h3-6,8,10,18-19,30H,7,9,11-15H2,1-2H3,(H,31,32). The molecule has 3 aliphatic rings. The molecular formula is C23H30F2N4O3S. The normalized spacial score (nSPS) is 28.4. The number of nitrogens with zero attached hydrogens (tertiary/aromatic N) is 4. The third kappa shape index (κ3) is 3.46. The Bertz CT molecular complexity index is 1160. The molecule has 10 heteroatoms. The second-order valence-electron chi connectivity index (χ2n) is 9.56. The number of aromatic nitrogens is 1. The van der Waals surface area contributed by atoms with Crippen LogP contribution in [-0.2, 0) is 16.3 Å². The zero-order valence-electron chi connectivity index (χ0n) is 18.8. The number of rotatable bonds is 6. The van der Waals surface area contributed by atoms with Crippen LogP contribution in [0.4, 0.5) is 20.3 Å². The van der Waals surface area contributed by atoms with Crippen LogP contribution in [-0.4, -0.2) is 63.0 Å². The van der Waals surface area contributed by atoms with Crippen LogP contribution in [0.25, 0.3) is 0 Å². The van der Waals surface area contributed by atoms with Crippen molar-refractivity contribution in [2.24, 2.45) is 11.8 Å². The lowest BCUT2D eigenvalue weighted by Crippen LogP contribution is -2.58. The van der Waals surface area contributed by atoms with Crippen LogP contribution >= 0.6 is 0 Å². The summed E-state index contributed by atoms with van der Waals surface area (Å²) in [5, 5.41) is 9.43. The Morgan fingerprint density at radius 3 is 2.73 bits per heavy atom. The van der Waals surface area contributed by atoms with Crippen molar-refractivity contribution in [3.05, 3.63) is 47.7 Å². The van der Waals surface area contributed by atoms with E-state index in [-0.39, 0.29) is 30.4 Å². The number of aryl methyl sites for hydroxylation is 1. The van der Waals surface area contributed by atoms with Gasteiger partial charge in [0.05, 0.1) is 4.90 Å². The SMILES string of the molecule is Cc1ccc(CN2CCC(CO)C2)cc1S1(=O)(O)N(C)c2ncccc2N1CC1CC1(F)F. The van der Waals surface area contributed by atoms with E-state index in [1.54, 1.807) is 25.1 Å². The molecule has 1 aliphatic carbocycles. The van der Waals surface area contributed by atoms with Gasteiger partial charge in [-0.25, -0.2) is 18.1 Å².